The Labute approximate surface area is 114 Å². The SMILES string of the molecule is CCC[C@@H]1CN(C(=O)OCc2ccccc2)CCN1. The average molecular weight is 262 g/mol. The lowest BCUT2D eigenvalue weighted by molar-refractivity contribution is 0.0842. The largest absolute Gasteiger partial charge is 0.445 e. The maximum Gasteiger partial charge on any atom is 0.410 e. The van der Waals surface area contributed by atoms with Crippen LogP contribution in [0.4, 0.5) is 4.79 Å². The second-order valence-corrected chi connectivity index (χ2v) is 4.93. The predicted octanol–water partition coefficient (Wildman–Crippen LogP) is 2.40. The van der Waals surface area contributed by atoms with Crippen LogP contribution in [0.5, 0.6) is 0 Å². The Morgan fingerprint density at radius 3 is 2.95 bits per heavy atom. The van der Waals surface area contributed by atoms with Crippen molar-refractivity contribution in [1.29, 1.82) is 0 Å². The van der Waals surface area contributed by atoms with Gasteiger partial charge in [-0.15, -0.1) is 0 Å². The lowest BCUT2D eigenvalue weighted by Crippen LogP contribution is -2.52. The molecule has 1 aliphatic rings. The van der Waals surface area contributed by atoms with Gasteiger partial charge in [-0.3, -0.25) is 0 Å². The van der Waals surface area contributed by atoms with Crippen LogP contribution >= 0.6 is 0 Å². The molecular weight excluding hydrogens is 240 g/mol. The van der Waals surface area contributed by atoms with Crippen molar-refractivity contribution in [3.05, 3.63) is 35.9 Å². The third-order valence-electron chi connectivity index (χ3n) is 3.36. The molecule has 104 valence electrons. The Bertz CT molecular complexity index is 392. The van der Waals surface area contributed by atoms with Crippen LogP contribution in [-0.2, 0) is 11.3 Å². The fourth-order valence-corrected chi connectivity index (χ4v) is 2.34. The van der Waals surface area contributed by atoms with Crippen molar-refractivity contribution in [3.63, 3.8) is 0 Å². The third kappa shape index (κ3) is 4.24. The first-order valence-electron chi connectivity index (χ1n) is 6.98. The van der Waals surface area contributed by atoms with Gasteiger partial charge < -0.3 is 15.0 Å². The Balaban J connectivity index is 1.79. The lowest BCUT2D eigenvalue weighted by atomic mass is 10.1. The number of piperazine rings is 1. The first-order chi connectivity index (χ1) is 9.29. The molecule has 0 radical (unpaired) electrons. The van der Waals surface area contributed by atoms with Crippen molar-refractivity contribution in [3.8, 4) is 0 Å². The van der Waals surface area contributed by atoms with Crippen LogP contribution in [-0.4, -0.2) is 36.7 Å². The molecule has 1 aromatic carbocycles. The summed E-state index contributed by atoms with van der Waals surface area (Å²) >= 11 is 0. The molecule has 19 heavy (non-hydrogen) atoms. The number of carbonyl (C=O) groups excluding carboxylic acids is 1. The highest BCUT2D eigenvalue weighted by Crippen LogP contribution is 2.08. The van der Waals surface area contributed by atoms with Crippen molar-refractivity contribution in [1.82, 2.24) is 10.2 Å². The molecule has 1 aliphatic heterocycles. The average Bonchev–Trinajstić information content (AvgIpc) is 2.46. The number of nitrogens with one attached hydrogen (secondary N) is 1. The fourth-order valence-electron chi connectivity index (χ4n) is 2.34. The van der Waals surface area contributed by atoms with Gasteiger partial charge in [0.25, 0.3) is 0 Å². The lowest BCUT2D eigenvalue weighted by Gasteiger charge is -2.32. The van der Waals surface area contributed by atoms with E-state index in [1.165, 1.54) is 0 Å². The summed E-state index contributed by atoms with van der Waals surface area (Å²) in [5, 5.41) is 3.43. The van der Waals surface area contributed by atoms with Gasteiger partial charge in [-0.2, -0.15) is 0 Å². The standard InChI is InChI=1S/C15H22N2O2/c1-2-6-14-11-17(10-9-16-14)15(18)19-12-13-7-4-3-5-8-13/h3-5,7-8,14,16H,2,6,9-12H2,1H3/t14-/m1/s1. The summed E-state index contributed by atoms with van der Waals surface area (Å²) in [4.78, 5) is 13.8. The minimum absolute atomic E-state index is 0.202. The van der Waals surface area contributed by atoms with Crippen LogP contribution < -0.4 is 5.32 Å². The van der Waals surface area contributed by atoms with E-state index in [1.807, 2.05) is 30.3 Å². The molecule has 0 unspecified atom stereocenters. The second-order valence-electron chi connectivity index (χ2n) is 4.93. The second kappa shape index (κ2) is 7.14. The van der Waals surface area contributed by atoms with Gasteiger partial charge in [0.05, 0.1) is 0 Å². The van der Waals surface area contributed by atoms with Crippen LogP contribution in [0.3, 0.4) is 0 Å². The highest BCUT2D eigenvalue weighted by molar-refractivity contribution is 5.67. The Kier molecular flexibility index (Phi) is 5.21. The molecule has 0 bridgehead atoms. The normalized spacial score (nSPS) is 19.2. The van der Waals surface area contributed by atoms with E-state index in [0.29, 0.717) is 12.6 Å². The van der Waals surface area contributed by atoms with Crippen LogP contribution in [0.2, 0.25) is 0 Å². The van der Waals surface area contributed by atoms with E-state index in [1.54, 1.807) is 4.90 Å². The van der Waals surface area contributed by atoms with Gasteiger partial charge >= 0.3 is 6.09 Å². The molecule has 1 saturated heterocycles. The Morgan fingerprint density at radius 2 is 2.21 bits per heavy atom. The highest BCUT2D eigenvalue weighted by atomic mass is 16.6. The molecule has 2 rings (SSSR count). The molecule has 1 aromatic rings. The molecule has 0 aromatic heterocycles. The first-order valence-corrected chi connectivity index (χ1v) is 6.98. The number of hydrogen-bond donors (Lipinski definition) is 1. The van der Waals surface area contributed by atoms with Gasteiger partial charge in [0.2, 0.25) is 0 Å². The molecule has 1 fully saturated rings. The zero-order chi connectivity index (χ0) is 13.5. The third-order valence-corrected chi connectivity index (χ3v) is 3.36. The maximum atomic E-state index is 12.0. The molecule has 1 atom stereocenters. The van der Waals surface area contributed by atoms with Crippen LogP contribution in [0, 0.1) is 0 Å². The van der Waals surface area contributed by atoms with E-state index >= 15 is 0 Å². The van der Waals surface area contributed by atoms with E-state index in [2.05, 4.69) is 12.2 Å². The van der Waals surface area contributed by atoms with Gasteiger partial charge in [-0.25, -0.2) is 4.79 Å². The van der Waals surface area contributed by atoms with Gasteiger partial charge in [0.1, 0.15) is 6.61 Å². The van der Waals surface area contributed by atoms with Crippen LogP contribution in [0.25, 0.3) is 0 Å². The summed E-state index contributed by atoms with van der Waals surface area (Å²) in [5.41, 5.74) is 1.02. The van der Waals surface area contributed by atoms with Crippen molar-refractivity contribution in [2.24, 2.45) is 0 Å². The molecule has 0 spiro atoms. The van der Waals surface area contributed by atoms with E-state index in [-0.39, 0.29) is 6.09 Å². The van der Waals surface area contributed by atoms with Gasteiger partial charge in [0, 0.05) is 25.7 Å². The number of ether oxygens (including phenoxy) is 1. The molecule has 0 aliphatic carbocycles. The van der Waals surface area contributed by atoms with Crippen molar-refractivity contribution >= 4 is 6.09 Å². The van der Waals surface area contributed by atoms with E-state index in [4.69, 9.17) is 4.74 Å². The topological polar surface area (TPSA) is 41.6 Å². The summed E-state index contributed by atoms with van der Waals surface area (Å²) in [6.45, 7) is 4.84. The quantitative estimate of drug-likeness (QED) is 0.906. The molecule has 1 heterocycles. The van der Waals surface area contributed by atoms with Crippen LogP contribution in [0.1, 0.15) is 25.3 Å². The molecule has 4 nitrogen and oxygen atoms in total. The smallest absolute Gasteiger partial charge is 0.410 e. The maximum absolute atomic E-state index is 12.0. The number of benzene rings is 1. The molecule has 1 N–H and O–H groups in total. The number of carbonyl (C=O) groups is 1. The minimum Gasteiger partial charge on any atom is -0.445 e. The monoisotopic (exact) mass is 262 g/mol. The fraction of sp³-hybridized carbons (Fsp3) is 0.533. The predicted molar refractivity (Wildman–Crippen MR) is 74.9 cm³/mol. The zero-order valence-electron chi connectivity index (χ0n) is 11.5. The van der Waals surface area contributed by atoms with E-state index in [0.717, 1.165) is 38.0 Å². The van der Waals surface area contributed by atoms with E-state index < -0.39 is 0 Å². The van der Waals surface area contributed by atoms with E-state index in [9.17, 15) is 4.79 Å². The van der Waals surface area contributed by atoms with Gasteiger partial charge in [-0.1, -0.05) is 43.7 Å². The highest BCUT2D eigenvalue weighted by Gasteiger charge is 2.23. The molecule has 0 saturated carbocycles. The van der Waals surface area contributed by atoms with Gasteiger partial charge in [-0.05, 0) is 12.0 Å². The summed E-state index contributed by atoms with van der Waals surface area (Å²) < 4.78 is 5.35. The summed E-state index contributed by atoms with van der Waals surface area (Å²) in [6.07, 6.45) is 2.03. The zero-order valence-corrected chi connectivity index (χ0v) is 11.5. The number of nitrogens with zero attached hydrogens (tertiary/aromatic N) is 1. The van der Waals surface area contributed by atoms with Crippen molar-refractivity contribution < 1.29 is 9.53 Å². The molecular formula is C15H22N2O2. The van der Waals surface area contributed by atoms with Crippen molar-refractivity contribution in [2.75, 3.05) is 19.6 Å². The summed E-state index contributed by atoms with van der Waals surface area (Å²) in [5.74, 6) is 0. The Morgan fingerprint density at radius 1 is 1.42 bits per heavy atom. The molecule has 4 heteroatoms. The van der Waals surface area contributed by atoms with Gasteiger partial charge in [0.15, 0.2) is 0 Å². The Hall–Kier alpha value is -1.55. The minimum atomic E-state index is -0.202. The number of hydrogen-bond acceptors (Lipinski definition) is 3. The van der Waals surface area contributed by atoms with Crippen LogP contribution in [0.15, 0.2) is 30.3 Å². The summed E-state index contributed by atoms with van der Waals surface area (Å²) in [7, 11) is 0. The summed E-state index contributed by atoms with van der Waals surface area (Å²) in [6, 6.07) is 10.2. The van der Waals surface area contributed by atoms with Crippen molar-refractivity contribution in [2.45, 2.75) is 32.4 Å². The molecule has 1 amide bonds. The number of rotatable bonds is 4. The number of amides is 1. The first kappa shape index (κ1) is 13.9.